The van der Waals surface area contributed by atoms with Gasteiger partial charge in [0.1, 0.15) is 11.3 Å². The van der Waals surface area contributed by atoms with Crippen LogP contribution in [-0.2, 0) is 20.0 Å². The van der Waals surface area contributed by atoms with E-state index in [4.69, 9.17) is 16.6 Å². The molecule has 98 valence electrons. The first-order chi connectivity index (χ1) is 8.61. The molecule has 0 bridgehead atoms. The van der Waals surface area contributed by atoms with Crippen molar-refractivity contribution in [2.45, 2.75) is 45.0 Å². The second-order valence-corrected chi connectivity index (χ2v) is 5.89. The highest BCUT2D eigenvalue weighted by atomic mass is 35.5. The molecule has 3 rings (SSSR count). The van der Waals surface area contributed by atoms with E-state index in [9.17, 15) is 0 Å². The molecule has 1 saturated carbocycles. The van der Waals surface area contributed by atoms with Gasteiger partial charge in [0.2, 0.25) is 0 Å². The van der Waals surface area contributed by atoms with Crippen LogP contribution in [0, 0.1) is 5.92 Å². The summed E-state index contributed by atoms with van der Waals surface area (Å²) in [5, 5.41) is 4.49. The van der Waals surface area contributed by atoms with E-state index in [0.717, 1.165) is 41.6 Å². The fourth-order valence-electron chi connectivity index (χ4n) is 2.54. The SMILES string of the molecule is CCc1nn(C)c2c1nc(C(C)Cl)n2CC1CC1. The molecule has 1 aliphatic carbocycles. The zero-order valence-electron chi connectivity index (χ0n) is 11.1. The predicted molar refractivity (Wildman–Crippen MR) is 72.9 cm³/mol. The largest absolute Gasteiger partial charge is 0.311 e. The summed E-state index contributed by atoms with van der Waals surface area (Å²) in [6.45, 7) is 5.14. The van der Waals surface area contributed by atoms with E-state index < -0.39 is 0 Å². The molecule has 1 aliphatic rings. The number of aryl methyl sites for hydroxylation is 2. The molecular weight excluding hydrogens is 248 g/mol. The summed E-state index contributed by atoms with van der Waals surface area (Å²) in [6.07, 6.45) is 3.57. The third-order valence-electron chi connectivity index (χ3n) is 3.65. The van der Waals surface area contributed by atoms with Gasteiger partial charge in [-0.3, -0.25) is 4.68 Å². The van der Waals surface area contributed by atoms with E-state index in [2.05, 4.69) is 16.6 Å². The number of alkyl halides is 1. The molecule has 0 radical (unpaired) electrons. The highest BCUT2D eigenvalue weighted by molar-refractivity contribution is 6.20. The van der Waals surface area contributed by atoms with Crippen molar-refractivity contribution in [3.63, 3.8) is 0 Å². The number of aromatic nitrogens is 4. The molecule has 1 unspecified atom stereocenters. The normalized spacial score (nSPS) is 17.6. The van der Waals surface area contributed by atoms with Crippen LogP contribution in [0.2, 0.25) is 0 Å². The molecule has 1 fully saturated rings. The molecular formula is C13H19ClN4. The zero-order valence-corrected chi connectivity index (χ0v) is 11.9. The predicted octanol–water partition coefficient (Wildman–Crippen LogP) is 3.04. The van der Waals surface area contributed by atoms with Crippen molar-refractivity contribution in [2.24, 2.45) is 13.0 Å². The summed E-state index contributed by atoms with van der Waals surface area (Å²) in [7, 11) is 2.00. The number of fused-ring (bicyclic) bond motifs is 1. The smallest absolute Gasteiger partial charge is 0.158 e. The highest BCUT2D eigenvalue weighted by Gasteiger charge is 2.27. The molecule has 2 heterocycles. The number of imidazole rings is 1. The molecule has 4 nitrogen and oxygen atoms in total. The van der Waals surface area contributed by atoms with Crippen molar-refractivity contribution in [3.05, 3.63) is 11.5 Å². The van der Waals surface area contributed by atoms with Gasteiger partial charge in [-0.05, 0) is 32.1 Å². The zero-order chi connectivity index (χ0) is 12.9. The van der Waals surface area contributed by atoms with Crippen LogP contribution < -0.4 is 0 Å². The molecule has 0 N–H and O–H groups in total. The van der Waals surface area contributed by atoms with Crippen molar-refractivity contribution < 1.29 is 0 Å². The third-order valence-corrected chi connectivity index (χ3v) is 3.84. The summed E-state index contributed by atoms with van der Waals surface area (Å²) in [5.74, 6) is 1.79. The Hall–Kier alpha value is -1.03. The van der Waals surface area contributed by atoms with Crippen molar-refractivity contribution in [3.8, 4) is 0 Å². The molecule has 0 spiro atoms. The molecule has 2 aromatic heterocycles. The minimum Gasteiger partial charge on any atom is -0.311 e. The quantitative estimate of drug-likeness (QED) is 0.798. The maximum atomic E-state index is 6.28. The Morgan fingerprint density at radius 3 is 2.72 bits per heavy atom. The Morgan fingerprint density at radius 1 is 1.44 bits per heavy atom. The van der Waals surface area contributed by atoms with Gasteiger partial charge in [-0.25, -0.2) is 4.98 Å². The Labute approximate surface area is 112 Å². The second kappa shape index (κ2) is 4.26. The minimum absolute atomic E-state index is 0.0548. The Kier molecular flexibility index (Phi) is 2.85. The van der Waals surface area contributed by atoms with Gasteiger partial charge in [0.25, 0.3) is 0 Å². The molecule has 0 saturated heterocycles. The lowest BCUT2D eigenvalue weighted by molar-refractivity contribution is 0.590. The Balaban J connectivity index is 2.19. The average molecular weight is 267 g/mol. The number of hydrogen-bond acceptors (Lipinski definition) is 2. The summed E-state index contributed by atoms with van der Waals surface area (Å²) >= 11 is 6.28. The topological polar surface area (TPSA) is 35.6 Å². The fraction of sp³-hybridized carbons (Fsp3) is 0.692. The van der Waals surface area contributed by atoms with Crippen molar-refractivity contribution >= 4 is 22.8 Å². The maximum absolute atomic E-state index is 6.28. The van der Waals surface area contributed by atoms with Gasteiger partial charge in [0.15, 0.2) is 5.65 Å². The first-order valence-corrected chi connectivity index (χ1v) is 7.11. The summed E-state index contributed by atoms with van der Waals surface area (Å²) in [6, 6.07) is 0. The molecule has 0 aliphatic heterocycles. The lowest BCUT2D eigenvalue weighted by Crippen LogP contribution is -2.09. The van der Waals surface area contributed by atoms with E-state index in [-0.39, 0.29) is 5.38 Å². The average Bonchev–Trinajstić information content (AvgIpc) is 2.96. The summed E-state index contributed by atoms with van der Waals surface area (Å²) < 4.78 is 4.23. The van der Waals surface area contributed by atoms with Crippen molar-refractivity contribution in [1.29, 1.82) is 0 Å². The van der Waals surface area contributed by atoms with Gasteiger partial charge in [-0.15, -0.1) is 11.6 Å². The van der Waals surface area contributed by atoms with Gasteiger partial charge in [-0.2, -0.15) is 5.10 Å². The molecule has 0 amide bonds. The van der Waals surface area contributed by atoms with Crippen LogP contribution in [0.4, 0.5) is 0 Å². The van der Waals surface area contributed by atoms with Crippen molar-refractivity contribution in [1.82, 2.24) is 19.3 Å². The van der Waals surface area contributed by atoms with E-state index >= 15 is 0 Å². The first-order valence-electron chi connectivity index (χ1n) is 6.67. The van der Waals surface area contributed by atoms with Crippen LogP contribution in [0.5, 0.6) is 0 Å². The second-order valence-electron chi connectivity index (χ2n) is 5.24. The van der Waals surface area contributed by atoms with Crippen LogP contribution in [0.15, 0.2) is 0 Å². The molecule has 0 aromatic carbocycles. The van der Waals surface area contributed by atoms with Crippen LogP contribution in [0.25, 0.3) is 11.2 Å². The number of nitrogens with zero attached hydrogens (tertiary/aromatic N) is 4. The lowest BCUT2D eigenvalue weighted by Gasteiger charge is -2.10. The Morgan fingerprint density at radius 2 is 2.17 bits per heavy atom. The van der Waals surface area contributed by atoms with Crippen LogP contribution >= 0.6 is 11.6 Å². The highest BCUT2D eigenvalue weighted by Crippen LogP contribution is 2.34. The molecule has 1 atom stereocenters. The van der Waals surface area contributed by atoms with Gasteiger partial charge in [0, 0.05) is 13.6 Å². The summed E-state index contributed by atoms with van der Waals surface area (Å²) in [5.41, 5.74) is 3.23. The first kappa shape index (κ1) is 12.0. The van der Waals surface area contributed by atoms with Gasteiger partial charge in [-0.1, -0.05) is 6.92 Å². The molecule has 2 aromatic rings. The number of rotatable bonds is 4. The lowest BCUT2D eigenvalue weighted by atomic mass is 10.3. The molecule has 18 heavy (non-hydrogen) atoms. The van der Waals surface area contributed by atoms with Crippen LogP contribution in [0.1, 0.15) is 43.6 Å². The number of hydrogen-bond donors (Lipinski definition) is 0. The van der Waals surface area contributed by atoms with E-state index in [0.29, 0.717) is 0 Å². The van der Waals surface area contributed by atoms with Crippen molar-refractivity contribution in [2.75, 3.05) is 0 Å². The van der Waals surface area contributed by atoms with Crippen LogP contribution in [-0.4, -0.2) is 19.3 Å². The third kappa shape index (κ3) is 1.83. The van der Waals surface area contributed by atoms with Gasteiger partial charge in [0.05, 0.1) is 11.1 Å². The van der Waals surface area contributed by atoms with Crippen LogP contribution in [0.3, 0.4) is 0 Å². The number of halogens is 1. The van der Waals surface area contributed by atoms with Gasteiger partial charge < -0.3 is 4.57 Å². The van der Waals surface area contributed by atoms with E-state index in [1.165, 1.54) is 12.8 Å². The molecule has 5 heteroatoms. The summed E-state index contributed by atoms with van der Waals surface area (Å²) in [4.78, 5) is 4.73. The fourth-order valence-corrected chi connectivity index (χ4v) is 2.71. The van der Waals surface area contributed by atoms with E-state index in [1.807, 2.05) is 18.7 Å². The van der Waals surface area contributed by atoms with Gasteiger partial charge >= 0.3 is 0 Å². The minimum atomic E-state index is -0.0548. The monoisotopic (exact) mass is 266 g/mol. The maximum Gasteiger partial charge on any atom is 0.158 e. The van der Waals surface area contributed by atoms with E-state index in [1.54, 1.807) is 0 Å². The Bertz CT molecular complexity index is 577. The standard InChI is InChI=1S/C13H19ClN4/c1-4-10-11-13(17(3)16-10)18(7-9-5-6-9)12(15-11)8(2)14/h8-9H,4-7H2,1-3H3.